The maximum atomic E-state index is 12.4. The average Bonchev–Trinajstić information content (AvgIpc) is 2.47. The van der Waals surface area contributed by atoms with Crippen molar-refractivity contribution in [2.24, 2.45) is 0 Å². The van der Waals surface area contributed by atoms with Crippen LogP contribution in [0.25, 0.3) is 0 Å². The van der Waals surface area contributed by atoms with E-state index in [0.29, 0.717) is 19.6 Å². The minimum Gasteiger partial charge on any atom is -0.399 e. The van der Waals surface area contributed by atoms with Crippen LogP contribution in [-0.4, -0.2) is 36.6 Å². The van der Waals surface area contributed by atoms with Crippen molar-refractivity contribution >= 4 is 11.6 Å². The normalized spacial score (nSPS) is 20.7. The van der Waals surface area contributed by atoms with Gasteiger partial charge < -0.3 is 15.4 Å². The average molecular weight is 276 g/mol. The molecule has 1 amide bonds. The number of carbonyl (C=O) groups excluding carboxylic acids is 1. The summed E-state index contributed by atoms with van der Waals surface area (Å²) in [6.45, 7) is 6.27. The molecule has 4 heteroatoms. The first-order chi connectivity index (χ1) is 9.60. The lowest BCUT2D eigenvalue weighted by atomic mass is 9.97. The number of hydrogen-bond acceptors (Lipinski definition) is 3. The summed E-state index contributed by atoms with van der Waals surface area (Å²) in [5.41, 5.74) is 7.60. The van der Waals surface area contributed by atoms with Gasteiger partial charge in [-0.05, 0) is 30.0 Å². The van der Waals surface area contributed by atoms with Crippen molar-refractivity contribution < 1.29 is 9.53 Å². The minimum atomic E-state index is 0.194. The van der Waals surface area contributed by atoms with E-state index in [2.05, 4.69) is 13.8 Å². The van der Waals surface area contributed by atoms with Gasteiger partial charge >= 0.3 is 0 Å². The minimum absolute atomic E-state index is 0.194. The fraction of sp³-hybridized carbons (Fsp3) is 0.562. The Hall–Kier alpha value is -1.55. The number of anilines is 1. The first-order valence-electron chi connectivity index (χ1n) is 7.35. The smallest absolute Gasteiger partial charge is 0.223 e. The maximum absolute atomic E-state index is 12.4. The summed E-state index contributed by atoms with van der Waals surface area (Å²) in [7, 11) is 0. The molecule has 2 rings (SSSR count). The molecular weight excluding hydrogens is 252 g/mol. The number of carbonyl (C=O) groups is 1. The summed E-state index contributed by atoms with van der Waals surface area (Å²) < 4.78 is 5.60. The lowest BCUT2D eigenvalue weighted by Crippen LogP contribution is -2.45. The lowest BCUT2D eigenvalue weighted by Gasteiger charge is -2.33. The van der Waals surface area contributed by atoms with Gasteiger partial charge in [0.05, 0.1) is 12.7 Å². The summed E-state index contributed by atoms with van der Waals surface area (Å²) in [6.07, 6.45) is 1.69. The second kappa shape index (κ2) is 6.75. The predicted octanol–water partition coefficient (Wildman–Crippen LogP) is 2.40. The van der Waals surface area contributed by atoms with Gasteiger partial charge in [0.1, 0.15) is 0 Å². The summed E-state index contributed by atoms with van der Waals surface area (Å²) in [5, 5.41) is 0. The van der Waals surface area contributed by atoms with Gasteiger partial charge in [-0.1, -0.05) is 26.0 Å². The zero-order chi connectivity index (χ0) is 14.5. The van der Waals surface area contributed by atoms with Gasteiger partial charge in [-0.15, -0.1) is 0 Å². The molecule has 0 spiro atoms. The predicted molar refractivity (Wildman–Crippen MR) is 80.5 cm³/mol. The number of rotatable bonds is 4. The largest absolute Gasteiger partial charge is 0.399 e. The monoisotopic (exact) mass is 276 g/mol. The molecule has 2 atom stereocenters. The van der Waals surface area contributed by atoms with E-state index in [4.69, 9.17) is 10.5 Å². The van der Waals surface area contributed by atoms with Gasteiger partial charge in [0.2, 0.25) is 5.91 Å². The van der Waals surface area contributed by atoms with Crippen LogP contribution in [0.15, 0.2) is 24.3 Å². The van der Waals surface area contributed by atoms with Gasteiger partial charge in [-0.25, -0.2) is 0 Å². The van der Waals surface area contributed by atoms with Gasteiger partial charge in [0.25, 0.3) is 0 Å². The molecule has 1 aromatic carbocycles. The zero-order valence-corrected chi connectivity index (χ0v) is 12.3. The molecule has 0 saturated carbocycles. The fourth-order valence-electron chi connectivity index (χ4n) is 2.53. The van der Waals surface area contributed by atoms with Crippen molar-refractivity contribution in [3.63, 3.8) is 0 Å². The molecule has 4 nitrogen and oxygen atoms in total. The molecule has 20 heavy (non-hydrogen) atoms. The zero-order valence-electron chi connectivity index (χ0n) is 12.3. The van der Waals surface area contributed by atoms with Crippen LogP contribution in [0.1, 0.15) is 38.2 Å². The second-order valence-corrected chi connectivity index (χ2v) is 5.51. The topological polar surface area (TPSA) is 55.6 Å². The van der Waals surface area contributed by atoms with Crippen molar-refractivity contribution in [1.82, 2.24) is 4.90 Å². The van der Waals surface area contributed by atoms with Crippen molar-refractivity contribution in [3.8, 4) is 0 Å². The van der Waals surface area contributed by atoms with Crippen LogP contribution in [0.5, 0.6) is 0 Å². The standard InChI is InChI=1S/C16H24N2O2/c1-3-15-11-18(8-9-20-15)16(19)10-12(2)13-4-6-14(17)7-5-13/h4-7,12,15H,3,8-11,17H2,1-2H3. The van der Waals surface area contributed by atoms with E-state index >= 15 is 0 Å². The number of ether oxygens (including phenoxy) is 1. The van der Waals surface area contributed by atoms with Crippen LogP contribution in [0.4, 0.5) is 5.69 Å². The van der Waals surface area contributed by atoms with Gasteiger partial charge in [-0.2, -0.15) is 0 Å². The summed E-state index contributed by atoms with van der Waals surface area (Å²) >= 11 is 0. The Morgan fingerprint density at radius 3 is 2.80 bits per heavy atom. The molecule has 1 aliphatic rings. The Bertz CT molecular complexity index is 444. The summed E-state index contributed by atoms with van der Waals surface area (Å²) in [5.74, 6) is 0.432. The molecule has 1 saturated heterocycles. The maximum Gasteiger partial charge on any atom is 0.223 e. The number of benzene rings is 1. The van der Waals surface area contributed by atoms with Crippen LogP contribution in [-0.2, 0) is 9.53 Å². The molecule has 110 valence electrons. The fourth-order valence-corrected chi connectivity index (χ4v) is 2.53. The van der Waals surface area contributed by atoms with Gasteiger partial charge in [0.15, 0.2) is 0 Å². The number of nitrogens with two attached hydrogens (primary N) is 1. The third-order valence-corrected chi connectivity index (χ3v) is 3.93. The van der Waals surface area contributed by atoms with Crippen molar-refractivity contribution in [3.05, 3.63) is 29.8 Å². The highest BCUT2D eigenvalue weighted by Gasteiger charge is 2.24. The Kier molecular flexibility index (Phi) is 5.01. The highest BCUT2D eigenvalue weighted by molar-refractivity contribution is 5.77. The molecular formula is C16H24N2O2. The molecule has 2 unspecified atom stereocenters. The van der Waals surface area contributed by atoms with E-state index in [1.54, 1.807) is 0 Å². The van der Waals surface area contributed by atoms with Crippen LogP contribution < -0.4 is 5.73 Å². The third-order valence-electron chi connectivity index (χ3n) is 3.93. The molecule has 1 heterocycles. The number of morpholine rings is 1. The lowest BCUT2D eigenvalue weighted by molar-refractivity contribution is -0.139. The number of nitrogens with zero attached hydrogens (tertiary/aromatic N) is 1. The van der Waals surface area contributed by atoms with E-state index in [9.17, 15) is 4.79 Å². The molecule has 0 aromatic heterocycles. The highest BCUT2D eigenvalue weighted by Crippen LogP contribution is 2.22. The van der Waals surface area contributed by atoms with E-state index in [-0.39, 0.29) is 17.9 Å². The van der Waals surface area contributed by atoms with Crippen molar-refractivity contribution in [2.45, 2.75) is 38.7 Å². The van der Waals surface area contributed by atoms with Crippen LogP contribution >= 0.6 is 0 Å². The Morgan fingerprint density at radius 2 is 2.15 bits per heavy atom. The molecule has 0 radical (unpaired) electrons. The quantitative estimate of drug-likeness (QED) is 0.859. The number of hydrogen-bond donors (Lipinski definition) is 1. The third kappa shape index (κ3) is 3.73. The van der Waals surface area contributed by atoms with E-state index in [1.807, 2.05) is 29.2 Å². The van der Waals surface area contributed by atoms with Crippen molar-refractivity contribution in [2.75, 3.05) is 25.4 Å². The molecule has 1 aliphatic heterocycles. The highest BCUT2D eigenvalue weighted by atomic mass is 16.5. The van der Waals surface area contributed by atoms with Crippen LogP contribution in [0, 0.1) is 0 Å². The van der Waals surface area contributed by atoms with E-state index in [1.165, 1.54) is 0 Å². The van der Waals surface area contributed by atoms with Crippen LogP contribution in [0.3, 0.4) is 0 Å². The first kappa shape index (κ1) is 14.9. The van der Waals surface area contributed by atoms with Gasteiger partial charge in [-0.3, -0.25) is 4.79 Å². The van der Waals surface area contributed by atoms with Crippen molar-refractivity contribution in [1.29, 1.82) is 0 Å². The first-order valence-corrected chi connectivity index (χ1v) is 7.35. The number of nitrogen functional groups attached to an aromatic ring is 1. The molecule has 2 N–H and O–H groups in total. The second-order valence-electron chi connectivity index (χ2n) is 5.51. The molecule has 0 bridgehead atoms. The Labute approximate surface area is 120 Å². The van der Waals surface area contributed by atoms with Crippen LogP contribution in [0.2, 0.25) is 0 Å². The molecule has 0 aliphatic carbocycles. The Balaban J connectivity index is 1.91. The van der Waals surface area contributed by atoms with Gasteiger partial charge in [0, 0.05) is 25.2 Å². The SMILES string of the molecule is CCC1CN(C(=O)CC(C)c2ccc(N)cc2)CCO1. The summed E-state index contributed by atoms with van der Waals surface area (Å²) in [6, 6.07) is 7.78. The number of amides is 1. The molecule has 1 fully saturated rings. The van der Waals surface area contributed by atoms with E-state index < -0.39 is 0 Å². The van der Waals surface area contributed by atoms with E-state index in [0.717, 1.165) is 24.2 Å². The Morgan fingerprint density at radius 1 is 1.45 bits per heavy atom. The molecule has 1 aromatic rings. The summed E-state index contributed by atoms with van der Waals surface area (Å²) in [4.78, 5) is 14.3.